The average Bonchev–Trinajstić information content (AvgIpc) is 3.61. The van der Waals surface area contributed by atoms with Gasteiger partial charge in [0.25, 0.3) is 0 Å². The topological polar surface area (TPSA) is 6.48 Å². The second-order valence-corrected chi connectivity index (χ2v) is 12.9. The third kappa shape index (κ3) is 3.50. The van der Waals surface area contributed by atoms with Gasteiger partial charge in [-0.3, -0.25) is 0 Å². The van der Waals surface area contributed by atoms with Gasteiger partial charge in [0.2, 0.25) is 0 Å². The van der Waals surface area contributed by atoms with Gasteiger partial charge in [-0.15, -0.1) is 0 Å². The summed E-state index contributed by atoms with van der Waals surface area (Å²) in [5.74, 6) is 0. The van der Waals surface area contributed by atoms with Crippen LogP contribution in [0.3, 0.4) is 0 Å². The van der Waals surface area contributed by atoms with Crippen molar-refractivity contribution in [3.8, 4) is 22.3 Å². The van der Waals surface area contributed by atoms with Gasteiger partial charge in [0.05, 0.1) is 5.41 Å². The number of fused-ring (bicyclic) bond motifs is 12. The second-order valence-electron chi connectivity index (χ2n) is 12.9. The van der Waals surface area contributed by atoms with Gasteiger partial charge in [-0.05, 0) is 86.5 Å². The summed E-state index contributed by atoms with van der Waals surface area (Å²) in [5, 5.41) is 0. The molecule has 222 valence electrons. The van der Waals surface area contributed by atoms with Crippen molar-refractivity contribution in [1.29, 1.82) is 0 Å². The van der Waals surface area contributed by atoms with Crippen molar-refractivity contribution in [1.82, 2.24) is 0 Å². The number of hydrogen-bond acceptors (Lipinski definition) is 2. The second kappa shape index (κ2) is 9.82. The number of nitrogens with zero attached hydrogens (tertiary/aromatic N) is 2. The number of rotatable bonds is 3. The lowest BCUT2D eigenvalue weighted by Gasteiger charge is -2.35. The van der Waals surface area contributed by atoms with Gasteiger partial charge in [0, 0.05) is 47.5 Å². The molecule has 0 aromatic heterocycles. The van der Waals surface area contributed by atoms with Crippen LogP contribution < -0.4 is 9.80 Å². The highest BCUT2D eigenvalue weighted by atomic mass is 15.2. The number of anilines is 5. The van der Waals surface area contributed by atoms with Crippen LogP contribution in [0.25, 0.3) is 22.3 Å². The smallest absolute Gasteiger partial charge is 0.0745 e. The number of para-hydroxylation sites is 2. The molecule has 0 fully saturated rings. The summed E-state index contributed by atoms with van der Waals surface area (Å²) >= 11 is 0. The molecule has 0 saturated carbocycles. The van der Waals surface area contributed by atoms with E-state index in [-0.39, 0.29) is 0 Å². The first kappa shape index (κ1) is 26.4. The van der Waals surface area contributed by atoms with Crippen LogP contribution in [0.1, 0.15) is 33.4 Å². The Morgan fingerprint density at radius 2 is 0.979 bits per heavy atom. The zero-order chi connectivity index (χ0) is 31.1. The van der Waals surface area contributed by atoms with E-state index in [1.54, 1.807) is 0 Å². The molecule has 0 saturated heterocycles. The Morgan fingerprint density at radius 3 is 1.60 bits per heavy atom. The molecule has 7 aromatic rings. The lowest BCUT2D eigenvalue weighted by molar-refractivity contribution is 0.791. The third-order valence-electron chi connectivity index (χ3n) is 10.7. The van der Waals surface area contributed by atoms with E-state index in [0.717, 1.165) is 17.8 Å². The lowest BCUT2D eigenvalue weighted by atomic mass is 9.70. The first-order chi connectivity index (χ1) is 23.2. The van der Waals surface area contributed by atoms with Crippen LogP contribution in [0.4, 0.5) is 28.4 Å². The van der Waals surface area contributed by atoms with E-state index in [4.69, 9.17) is 0 Å². The molecule has 2 aliphatic carbocycles. The summed E-state index contributed by atoms with van der Waals surface area (Å²) in [7, 11) is 2.23. The third-order valence-corrected chi connectivity index (χ3v) is 10.7. The Balaban J connectivity index is 1.19. The Hall–Kier alpha value is -5.86. The predicted octanol–water partition coefficient (Wildman–Crippen LogP) is 11.2. The van der Waals surface area contributed by atoms with Crippen LogP contribution in [0, 0.1) is 0 Å². The first-order valence-electron chi connectivity index (χ1n) is 16.5. The van der Waals surface area contributed by atoms with Crippen LogP contribution in [-0.2, 0) is 11.8 Å². The zero-order valence-electron chi connectivity index (χ0n) is 26.2. The standard InChI is InChI=1S/C45H32N2/c1-46(32-16-12-17-33(29-32)47-41-25-10-2-14-30(41)28-31-15-3-11-26-42(31)47)43-27-13-21-37-36-20-6-9-24-40(36)45(44(37)43)38-22-7-4-18-34(38)35-19-5-8-23-39(35)45/h2-27,29H,28H2,1H3. The molecule has 1 heterocycles. The minimum Gasteiger partial charge on any atom is -0.344 e. The minimum atomic E-state index is -0.397. The quantitative estimate of drug-likeness (QED) is 0.199. The molecule has 1 spiro atoms. The Kier molecular flexibility index (Phi) is 5.51. The van der Waals surface area contributed by atoms with Crippen LogP contribution in [0.2, 0.25) is 0 Å². The highest BCUT2D eigenvalue weighted by Gasteiger charge is 2.53. The van der Waals surface area contributed by atoms with E-state index in [2.05, 4.69) is 181 Å². The minimum absolute atomic E-state index is 0.397. The molecule has 0 radical (unpaired) electrons. The lowest BCUT2D eigenvalue weighted by Crippen LogP contribution is -2.28. The highest BCUT2D eigenvalue weighted by molar-refractivity contribution is 5.98. The maximum atomic E-state index is 2.43. The largest absolute Gasteiger partial charge is 0.344 e. The molecule has 7 aromatic carbocycles. The van der Waals surface area contributed by atoms with Gasteiger partial charge in [-0.25, -0.2) is 0 Å². The van der Waals surface area contributed by atoms with Crippen molar-refractivity contribution in [3.63, 3.8) is 0 Å². The molecule has 0 bridgehead atoms. The molecule has 0 amide bonds. The fraction of sp³-hybridized carbons (Fsp3) is 0.0667. The Morgan fingerprint density at radius 1 is 0.489 bits per heavy atom. The molecule has 3 aliphatic rings. The molecule has 0 atom stereocenters. The summed E-state index contributed by atoms with van der Waals surface area (Å²) in [6.07, 6.45) is 0.949. The van der Waals surface area contributed by atoms with Gasteiger partial charge in [-0.2, -0.15) is 0 Å². The van der Waals surface area contributed by atoms with E-state index >= 15 is 0 Å². The van der Waals surface area contributed by atoms with Crippen molar-refractivity contribution in [2.24, 2.45) is 0 Å². The average molecular weight is 601 g/mol. The maximum Gasteiger partial charge on any atom is 0.0745 e. The van der Waals surface area contributed by atoms with E-state index < -0.39 is 5.41 Å². The zero-order valence-corrected chi connectivity index (χ0v) is 26.2. The monoisotopic (exact) mass is 600 g/mol. The van der Waals surface area contributed by atoms with Gasteiger partial charge < -0.3 is 9.80 Å². The van der Waals surface area contributed by atoms with Crippen LogP contribution in [0.15, 0.2) is 164 Å². The molecule has 10 rings (SSSR count). The molecular formula is C45H32N2. The molecule has 0 N–H and O–H groups in total. The van der Waals surface area contributed by atoms with Crippen LogP contribution >= 0.6 is 0 Å². The van der Waals surface area contributed by atoms with Crippen molar-refractivity contribution in [2.45, 2.75) is 11.8 Å². The van der Waals surface area contributed by atoms with Gasteiger partial charge >= 0.3 is 0 Å². The van der Waals surface area contributed by atoms with Crippen LogP contribution in [0.5, 0.6) is 0 Å². The molecule has 2 nitrogen and oxygen atoms in total. The predicted molar refractivity (Wildman–Crippen MR) is 195 cm³/mol. The van der Waals surface area contributed by atoms with E-state index in [9.17, 15) is 0 Å². The molecule has 1 aliphatic heterocycles. The maximum absolute atomic E-state index is 2.43. The van der Waals surface area contributed by atoms with E-state index in [1.807, 2.05) is 0 Å². The molecule has 47 heavy (non-hydrogen) atoms. The molecule has 0 unspecified atom stereocenters. The Bertz CT molecular complexity index is 2270. The van der Waals surface area contributed by atoms with Gasteiger partial charge in [-0.1, -0.05) is 127 Å². The molecular weight excluding hydrogens is 569 g/mol. The summed E-state index contributed by atoms with van der Waals surface area (Å²) in [4.78, 5) is 4.84. The fourth-order valence-corrected chi connectivity index (χ4v) is 8.76. The number of hydrogen-bond donors (Lipinski definition) is 0. The van der Waals surface area contributed by atoms with Crippen molar-refractivity contribution in [3.05, 3.63) is 197 Å². The van der Waals surface area contributed by atoms with Crippen molar-refractivity contribution < 1.29 is 0 Å². The summed E-state index contributed by atoms with van der Waals surface area (Å²) in [6, 6.07) is 60.6. The summed E-state index contributed by atoms with van der Waals surface area (Å²) in [5.41, 5.74) is 19.1. The summed E-state index contributed by atoms with van der Waals surface area (Å²) in [6.45, 7) is 0. The van der Waals surface area contributed by atoms with Gasteiger partial charge in [0.15, 0.2) is 0 Å². The van der Waals surface area contributed by atoms with Crippen molar-refractivity contribution in [2.75, 3.05) is 16.8 Å². The van der Waals surface area contributed by atoms with E-state index in [1.165, 1.54) is 72.7 Å². The fourth-order valence-electron chi connectivity index (χ4n) is 8.76. The van der Waals surface area contributed by atoms with Gasteiger partial charge in [0.1, 0.15) is 0 Å². The first-order valence-corrected chi connectivity index (χ1v) is 16.5. The summed E-state index contributed by atoms with van der Waals surface area (Å²) < 4.78 is 0. The number of benzene rings is 7. The Labute approximate surface area is 275 Å². The highest BCUT2D eigenvalue weighted by Crippen LogP contribution is 2.64. The van der Waals surface area contributed by atoms with Crippen LogP contribution in [-0.4, -0.2) is 7.05 Å². The van der Waals surface area contributed by atoms with Crippen molar-refractivity contribution >= 4 is 28.4 Å². The van der Waals surface area contributed by atoms with E-state index in [0.29, 0.717) is 0 Å². The SMILES string of the molecule is CN(c1cccc(N2c3ccccc3Cc3ccccc32)c1)c1cccc2c1C1(c3ccccc3-c3ccccc31)c1ccccc1-2. The normalized spacial score (nSPS) is 14.1. The molecule has 2 heteroatoms.